The lowest BCUT2D eigenvalue weighted by atomic mass is 10.1. The molecule has 2 rings (SSSR count). The molecule has 1 N–H and O–H groups in total. The number of H-pyrrole nitrogens is 1. The Hall–Kier alpha value is -1.49. The van der Waals surface area contributed by atoms with E-state index < -0.39 is 0 Å². The molecular weight excluding hydrogens is 282 g/mol. The van der Waals surface area contributed by atoms with E-state index in [0.29, 0.717) is 10.3 Å². The van der Waals surface area contributed by atoms with Crippen molar-refractivity contribution in [2.75, 3.05) is 0 Å². The van der Waals surface area contributed by atoms with Crippen molar-refractivity contribution >= 4 is 15.9 Å². The highest BCUT2D eigenvalue weighted by molar-refractivity contribution is 9.10. The van der Waals surface area contributed by atoms with Gasteiger partial charge in [-0.2, -0.15) is 0 Å². The zero-order chi connectivity index (χ0) is 12.4. The Morgan fingerprint density at radius 2 is 1.94 bits per heavy atom. The monoisotopic (exact) mass is 293 g/mol. The van der Waals surface area contributed by atoms with Gasteiger partial charge < -0.3 is 4.98 Å². The number of hydrogen-bond donors (Lipinski definition) is 1. The second kappa shape index (κ2) is 4.79. The van der Waals surface area contributed by atoms with Gasteiger partial charge in [-0.1, -0.05) is 13.8 Å². The van der Waals surface area contributed by atoms with E-state index in [1.807, 2.05) is 26.0 Å². The van der Waals surface area contributed by atoms with Crippen LogP contribution in [0.1, 0.15) is 25.5 Å². The average molecular weight is 294 g/mol. The van der Waals surface area contributed by atoms with Crippen molar-refractivity contribution < 1.29 is 0 Å². The Morgan fingerprint density at radius 3 is 2.53 bits per heavy atom. The van der Waals surface area contributed by atoms with Crippen LogP contribution in [0, 0.1) is 0 Å². The Balaban J connectivity index is 2.62. The molecule has 0 saturated carbocycles. The first-order chi connectivity index (χ1) is 8.09. The van der Waals surface area contributed by atoms with Crippen LogP contribution in [0.4, 0.5) is 0 Å². The maximum Gasteiger partial charge on any atom is 0.265 e. The summed E-state index contributed by atoms with van der Waals surface area (Å²) in [6, 6.07) is 3.63. The van der Waals surface area contributed by atoms with Crippen LogP contribution in [0.5, 0.6) is 0 Å². The molecule has 0 unspecified atom stereocenters. The van der Waals surface area contributed by atoms with Gasteiger partial charge in [0.05, 0.1) is 5.69 Å². The second-order valence-corrected chi connectivity index (χ2v) is 4.80. The first-order valence-corrected chi connectivity index (χ1v) is 6.09. The van der Waals surface area contributed by atoms with Gasteiger partial charge in [0.2, 0.25) is 0 Å². The van der Waals surface area contributed by atoms with E-state index >= 15 is 0 Å². The summed E-state index contributed by atoms with van der Waals surface area (Å²) >= 11 is 3.27. The average Bonchev–Trinajstić information content (AvgIpc) is 2.33. The van der Waals surface area contributed by atoms with Gasteiger partial charge in [-0.3, -0.25) is 9.78 Å². The fourth-order valence-corrected chi connectivity index (χ4v) is 2.15. The lowest BCUT2D eigenvalue weighted by Crippen LogP contribution is -2.14. The highest BCUT2D eigenvalue weighted by Gasteiger charge is 2.12. The molecule has 5 heteroatoms. The Morgan fingerprint density at radius 1 is 1.29 bits per heavy atom. The van der Waals surface area contributed by atoms with Crippen molar-refractivity contribution in [3.63, 3.8) is 0 Å². The van der Waals surface area contributed by atoms with Crippen LogP contribution in [0.2, 0.25) is 0 Å². The van der Waals surface area contributed by atoms with Gasteiger partial charge in [-0.15, -0.1) is 0 Å². The van der Waals surface area contributed by atoms with Gasteiger partial charge in [0.15, 0.2) is 0 Å². The first kappa shape index (κ1) is 12.0. The van der Waals surface area contributed by atoms with E-state index in [1.54, 1.807) is 12.4 Å². The van der Waals surface area contributed by atoms with Crippen molar-refractivity contribution in [3.8, 4) is 11.4 Å². The van der Waals surface area contributed by atoms with Gasteiger partial charge >= 0.3 is 0 Å². The number of aromatic amines is 1. The van der Waals surface area contributed by atoms with E-state index in [9.17, 15) is 4.79 Å². The molecule has 2 heterocycles. The van der Waals surface area contributed by atoms with Crippen LogP contribution in [0.3, 0.4) is 0 Å². The molecule has 0 amide bonds. The van der Waals surface area contributed by atoms with E-state index in [2.05, 4.69) is 30.9 Å². The van der Waals surface area contributed by atoms with Crippen molar-refractivity contribution in [3.05, 3.63) is 45.0 Å². The number of rotatable bonds is 2. The molecule has 0 saturated heterocycles. The Kier molecular flexibility index (Phi) is 3.38. The quantitative estimate of drug-likeness (QED) is 0.926. The van der Waals surface area contributed by atoms with Gasteiger partial charge in [-0.25, -0.2) is 4.98 Å². The molecule has 0 bridgehead atoms. The number of hydrogen-bond acceptors (Lipinski definition) is 3. The van der Waals surface area contributed by atoms with Gasteiger partial charge in [0, 0.05) is 18.0 Å². The summed E-state index contributed by atoms with van der Waals surface area (Å²) in [6.45, 7) is 4.01. The molecule has 0 aliphatic rings. The fourth-order valence-electron chi connectivity index (χ4n) is 1.51. The lowest BCUT2D eigenvalue weighted by Gasteiger charge is -2.09. The molecule has 2 aromatic heterocycles. The van der Waals surface area contributed by atoms with Crippen LogP contribution in [0.15, 0.2) is 33.8 Å². The Bertz CT molecular complexity index is 578. The topological polar surface area (TPSA) is 58.6 Å². The van der Waals surface area contributed by atoms with Crippen molar-refractivity contribution in [2.45, 2.75) is 19.8 Å². The first-order valence-electron chi connectivity index (χ1n) is 5.29. The summed E-state index contributed by atoms with van der Waals surface area (Å²) in [5.74, 6) is 0.761. The maximum atomic E-state index is 11.8. The predicted molar refractivity (Wildman–Crippen MR) is 69.9 cm³/mol. The molecule has 0 aliphatic heterocycles. The van der Waals surface area contributed by atoms with E-state index in [4.69, 9.17) is 0 Å². The van der Waals surface area contributed by atoms with Crippen molar-refractivity contribution in [1.82, 2.24) is 15.0 Å². The van der Waals surface area contributed by atoms with E-state index in [-0.39, 0.29) is 11.5 Å². The highest BCUT2D eigenvalue weighted by Crippen LogP contribution is 2.21. The van der Waals surface area contributed by atoms with Crippen molar-refractivity contribution in [2.24, 2.45) is 0 Å². The number of aromatic nitrogens is 3. The molecule has 0 radical (unpaired) electrons. The van der Waals surface area contributed by atoms with Crippen LogP contribution in [0.25, 0.3) is 11.4 Å². The molecule has 0 aliphatic carbocycles. The minimum absolute atomic E-state index is 0.157. The largest absolute Gasteiger partial charge is 0.306 e. The minimum atomic E-state index is -0.157. The molecule has 17 heavy (non-hydrogen) atoms. The van der Waals surface area contributed by atoms with Gasteiger partial charge in [0.1, 0.15) is 10.3 Å². The standard InChI is InChI=1S/C12H12BrN3O/c1-7(2)10-9(13)12(17)16-11(15-10)8-3-5-14-6-4-8/h3-7H,1-2H3,(H,15,16,17). The summed E-state index contributed by atoms with van der Waals surface area (Å²) in [4.78, 5) is 22.9. The molecular formula is C12H12BrN3O. The zero-order valence-corrected chi connectivity index (χ0v) is 11.2. The summed E-state index contributed by atoms with van der Waals surface area (Å²) in [6.07, 6.45) is 3.35. The SMILES string of the molecule is CC(C)c1nc(-c2ccncc2)[nH]c(=O)c1Br. The third kappa shape index (κ3) is 2.44. The van der Waals surface area contributed by atoms with E-state index in [0.717, 1.165) is 11.3 Å². The molecule has 0 aromatic carbocycles. The smallest absolute Gasteiger partial charge is 0.265 e. The van der Waals surface area contributed by atoms with E-state index in [1.165, 1.54) is 0 Å². The zero-order valence-electron chi connectivity index (χ0n) is 9.57. The Labute approximate surface area is 107 Å². The van der Waals surface area contributed by atoms with Crippen LogP contribution in [-0.4, -0.2) is 15.0 Å². The number of nitrogens with zero attached hydrogens (tertiary/aromatic N) is 2. The normalized spacial score (nSPS) is 10.8. The molecule has 0 fully saturated rings. The van der Waals surface area contributed by atoms with Gasteiger partial charge in [0.25, 0.3) is 5.56 Å². The summed E-state index contributed by atoms with van der Waals surface area (Å²) < 4.78 is 0.505. The molecule has 0 spiro atoms. The van der Waals surface area contributed by atoms with Crippen LogP contribution < -0.4 is 5.56 Å². The number of pyridine rings is 1. The minimum Gasteiger partial charge on any atom is -0.306 e. The third-order valence-electron chi connectivity index (χ3n) is 2.39. The van der Waals surface area contributed by atoms with Crippen molar-refractivity contribution in [1.29, 1.82) is 0 Å². The summed E-state index contributed by atoms with van der Waals surface area (Å²) in [5.41, 5.74) is 1.46. The number of halogens is 1. The second-order valence-electron chi connectivity index (χ2n) is 4.00. The molecule has 0 atom stereocenters. The maximum absolute atomic E-state index is 11.8. The van der Waals surface area contributed by atoms with Crippen LogP contribution in [-0.2, 0) is 0 Å². The fraction of sp³-hybridized carbons (Fsp3) is 0.250. The van der Waals surface area contributed by atoms with Crippen LogP contribution >= 0.6 is 15.9 Å². The summed E-state index contributed by atoms with van der Waals surface area (Å²) in [5, 5.41) is 0. The summed E-state index contributed by atoms with van der Waals surface area (Å²) in [7, 11) is 0. The third-order valence-corrected chi connectivity index (χ3v) is 3.16. The molecule has 4 nitrogen and oxygen atoms in total. The predicted octanol–water partition coefficient (Wildman–Crippen LogP) is 2.72. The molecule has 2 aromatic rings. The van der Waals surface area contributed by atoms with Gasteiger partial charge in [-0.05, 0) is 34.0 Å². The lowest BCUT2D eigenvalue weighted by molar-refractivity contribution is 0.803. The molecule has 88 valence electrons. The number of nitrogens with one attached hydrogen (secondary N) is 1. The highest BCUT2D eigenvalue weighted by atomic mass is 79.9.